The van der Waals surface area contributed by atoms with Crippen LogP contribution in [0.5, 0.6) is 0 Å². The molecule has 0 saturated heterocycles. The molecule has 1 aromatic rings. The second kappa shape index (κ2) is 6.66. The summed E-state index contributed by atoms with van der Waals surface area (Å²) >= 11 is 0. The number of rotatable bonds is 6. The average molecular weight is 211 g/mol. The summed E-state index contributed by atoms with van der Waals surface area (Å²) in [7, 11) is 0. The minimum Gasteiger partial charge on any atom is -0.279 e. The van der Waals surface area contributed by atoms with Gasteiger partial charge in [0.25, 0.3) is 0 Å². The van der Waals surface area contributed by atoms with Gasteiger partial charge in [0.15, 0.2) is 0 Å². The Hall–Kier alpha value is -1.78. The zero-order chi connectivity index (χ0) is 11.8. The van der Waals surface area contributed by atoms with Crippen molar-refractivity contribution in [2.24, 2.45) is 0 Å². The van der Waals surface area contributed by atoms with E-state index in [1.807, 2.05) is 42.5 Å². The van der Waals surface area contributed by atoms with Gasteiger partial charge in [-0.25, -0.2) is 0 Å². The summed E-state index contributed by atoms with van der Waals surface area (Å²) in [6, 6.07) is 10.1. The zero-order valence-corrected chi connectivity index (χ0v) is 9.47. The SMILES string of the molecule is C#CC(c1ccccc1)N(CC=C)CC=C. The van der Waals surface area contributed by atoms with Crippen LogP contribution in [-0.2, 0) is 0 Å². The van der Waals surface area contributed by atoms with Crippen LogP contribution in [0.2, 0.25) is 0 Å². The molecule has 1 heteroatoms. The van der Waals surface area contributed by atoms with Crippen LogP contribution in [-0.4, -0.2) is 18.0 Å². The van der Waals surface area contributed by atoms with Gasteiger partial charge >= 0.3 is 0 Å². The first-order valence-corrected chi connectivity index (χ1v) is 5.30. The van der Waals surface area contributed by atoms with Gasteiger partial charge in [0.1, 0.15) is 0 Å². The molecule has 0 radical (unpaired) electrons. The highest BCUT2D eigenvalue weighted by atomic mass is 15.1. The Bertz CT molecular complexity index is 362. The van der Waals surface area contributed by atoms with Crippen LogP contribution in [0.1, 0.15) is 11.6 Å². The standard InChI is InChI=1S/C15H17N/c1-4-12-16(13-5-2)15(6-3)14-10-8-7-9-11-14/h3-5,7-11,15H,1-2,12-13H2. The number of nitrogens with zero attached hydrogens (tertiary/aromatic N) is 1. The zero-order valence-electron chi connectivity index (χ0n) is 9.47. The molecule has 0 N–H and O–H groups in total. The molecular formula is C15H17N. The molecule has 0 aromatic heterocycles. The lowest BCUT2D eigenvalue weighted by Crippen LogP contribution is -2.28. The van der Waals surface area contributed by atoms with Crippen molar-refractivity contribution >= 4 is 0 Å². The Morgan fingerprint density at radius 3 is 2.19 bits per heavy atom. The third-order valence-electron chi connectivity index (χ3n) is 2.37. The van der Waals surface area contributed by atoms with Crippen LogP contribution >= 0.6 is 0 Å². The normalized spacial score (nSPS) is 11.8. The van der Waals surface area contributed by atoms with Crippen LogP contribution < -0.4 is 0 Å². The second-order valence-corrected chi connectivity index (χ2v) is 3.51. The van der Waals surface area contributed by atoms with Crippen LogP contribution in [0.25, 0.3) is 0 Å². The van der Waals surface area contributed by atoms with E-state index in [9.17, 15) is 0 Å². The largest absolute Gasteiger partial charge is 0.279 e. The van der Waals surface area contributed by atoms with Crippen molar-refractivity contribution in [1.82, 2.24) is 4.90 Å². The number of terminal acetylenes is 1. The Balaban J connectivity index is 2.91. The minimum absolute atomic E-state index is 0.0165. The molecule has 0 amide bonds. The highest BCUT2D eigenvalue weighted by molar-refractivity contribution is 5.26. The average Bonchev–Trinajstić information content (AvgIpc) is 2.32. The monoisotopic (exact) mass is 211 g/mol. The summed E-state index contributed by atoms with van der Waals surface area (Å²) in [6.45, 7) is 9.02. The molecule has 1 nitrogen and oxygen atoms in total. The molecule has 16 heavy (non-hydrogen) atoms. The molecule has 82 valence electrons. The van der Waals surface area contributed by atoms with E-state index >= 15 is 0 Å². The van der Waals surface area contributed by atoms with E-state index in [2.05, 4.69) is 24.0 Å². The molecule has 0 heterocycles. The fraction of sp³-hybridized carbons (Fsp3) is 0.200. The van der Waals surface area contributed by atoms with Gasteiger partial charge in [0.05, 0.1) is 6.04 Å². The quantitative estimate of drug-likeness (QED) is 0.516. The van der Waals surface area contributed by atoms with Gasteiger partial charge in [0.2, 0.25) is 0 Å². The third kappa shape index (κ3) is 3.12. The molecule has 1 rings (SSSR count). The second-order valence-electron chi connectivity index (χ2n) is 3.51. The summed E-state index contributed by atoms with van der Waals surface area (Å²) in [5, 5.41) is 0. The Morgan fingerprint density at radius 1 is 1.19 bits per heavy atom. The van der Waals surface area contributed by atoms with Crippen molar-refractivity contribution in [2.75, 3.05) is 13.1 Å². The smallest absolute Gasteiger partial charge is 0.0973 e. The Labute approximate surface area is 98.1 Å². The highest BCUT2D eigenvalue weighted by Gasteiger charge is 2.15. The van der Waals surface area contributed by atoms with Crippen molar-refractivity contribution in [3.8, 4) is 12.3 Å². The van der Waals surface area contributed by atoms with Crippen molar-refractivity contribution in [2.45, 2.75) is 6.04 Å². The molecule has 0 aliphatic rings. The predicted molar refractivity (Wildman–Crippen MR) is 70.0 cm³/mol. The molecule has 0 saturated carbocycles. The molecule has 1 atom stereocenters. The van der Waals surface area contributed by atoms with Gasteiger partial charge < -0.3 is 0 Å². The fourth-order valence-corrected chi connectivity index (χ4v) is 1.66. The summed E-state index contributed by atoms with van der Waals surface area (Å²) in [4.78, 5) is 2.15. The van der Waals surface area contributed by atoms with E-state index in [1.54, 1.807) is 0 Å². The highest BCUT2D eigenvalue weighted by Crippen LogP contribution is 2.19. The van der Waals surface area contributed by atoms with Gasteiger partial charge in [-0.1, -0.05) is 48.4 Å². The number of hydrogen-bond donors (Lipinski definition) is 0. The third-order valence-corrected chi connectivity index (χ3v) is 2.37. The first-order valence-electron chi connectivity index (χ1n) is 5.30. The lowest BCUT2D eigenvalue weighted by atomic mass is 10.1. The van der Waals surface area contributed by atoms with E-state index in [4.69, 9.17) is 6.42 Å². The molecule has 0 aliphatic carbocycles. The maximum Gasteiger partial charge on any atom is 0.0973 e. The van der Waals surface area contributed by atoms with E-state index in [0.29, 0.717) is 0 Å². The lowest BCUT2D eigenvalue weighted by molar-refractivity contribution is 0.293. The maximum atomic E-state index is 5.61. The maximum absolute atomic E-state index is 5.61. The van der Waals surface area contributed by atoms with E-state index in [0.717, 1.165) is 18.7 Å². The topological polar surface area (TPSA) is 3.24 Å². The van der Waals surface area contributed by atoms with Crippen LogP contribution in [0.15, 0.2) is 55.6 Å². The number of benzene rings is 1. The fourth-order valence-electron chi connectivity index (χ4n) is 1.66. The summed E-state index contributed by atoms with van der Waals surface area (Å²) in [5.41, 5.74) is 1.13. The molecular weight excluding hydrogens is 194 g/mol. The Morgan fingerprint density at radius 2 is 1.75 bits per heavy atom. The predicted octanol–water partition coefficient (Wildman–Crippen LogP) is 3.03. The first kappa shape index (κ1) is 12.3. The molecule has 0 spiro atoms. The first-order chi connectivity index (χ1) is 7.83. The van der Waals surface area contributed by atoms with Gasteiger partial charge in [-0.05, 0) is 5.56 Å². The van der Waals surface area contributed by atoms with E-state index in [1.165, 1.54) is 0 Å². The molecule has 0 fully saturated rings. The van der Waals surface area contributed by atoms with Gasteiger partial charge in [-0.15, -0.1) is 19.6 Å². The van der Waals surface area contributed by atoms with E-state index in [-0.39, 0.29) is 6.04 Å². The van der Waals surface area contributed by atoms with Crippen molar-refractivity contribution in [1.29, 1.82) is 0 Å². The summed E-state index contributed by atoms with van der Waals surface area (Å²) in [5.74, 6) is 2.82. The van der Waals surface area contributed by atoms with Crippen molar-refractivity contribution in [3.05, 3.63) is 61.2 Å². The Kier molecular flexibility index (Phi) is 5.11. The lowest BCUT2D eigenvalue weighted by Gasteiger charge is -2.26. The van der Waals surface area contributed by atoms with Gasteiger partial charge in [-0.2, -0.15) is 0 Å². The van der Waals surface area contributed by atoms with Crippen LogP contribution in [0, 0.1) is 12.3 Å². The minimum atomic E-state index is -0.0165. The van der Waals surface area contributed by atoms with Crippen molar-refractivity contribution < 1.29 is 0 Å². The van der Waals surface area contributed by atoms with Crippen LogP contribution in [0.3, 0.4) is 0 Å². The van der Waals surface area contributed by atoms with Gasteiger partial charge in [-0.3, -0.25) is 4.90 Å². The van der Waals surface area contributed by atoms with Crippen LogP contribution in [0.4, 0.5) is 0 Å². The molecule has 1 unspecified atom stereocenters. The molecule has 0 bridgehead atoms. The number of hydrogen-bond acceptors (Lipinski definition) is 1. The summed E-state index contributed by atoms with van der Waals surface area (Å²) in [6.07, 6.45) is 9.32. The summed E-state index contributed by atoms with van der Waals surface area (Å²) < 4.78 is 0. The van der Waals surface area contributed by atoms with Crippen molar-refractivity contribution in [3.63, 3.8) is 0 Å². The van der Waals surface area contributed by atoms with E-state index < -0.39 is 0 Å². The van der Waals surface area contributed by atoms with Gasteiger partial charge in [0, 0.05) is 13.1 Å². The molecule has 0 aliphatic heterocycles. The molecule has 1 aromatic carbocycles.